The van der Waals surface area contributed by atoms with Gasteiger partial charge in [-0.2, -0.15) is 0 Å². The second kappa shape index (κ2) is 9.65. The molecule has 1 aromatic rings. The van der Waals surface area contributed by atoms with Crippen LogP contribution < -0.4 is 5.43 Å². The fourth-order valence-corrected chi connectivity index (χ4v) is 5.14. The predicted octanol–water partition coefficient (Wildman–Crippen LogP) is 6.42. The normalized spacial score (nSPS) is 20.0. The molecule has 5 heteroatoms. The molecular weight excluding hydrogens is 416 g/mol. The summed E-state index contributed by atoms with van der Waals surface area (Å²) < 4.78 is 6.00. The maximum Gasteiger partial charge on any atom is 0.311 e. The molecule has 0 saturated heterocycles. The van der Waals surface area contributed by atoms with Crippen LogP contribution in [0.3, 0.4) is 0 Å². The van der Waals surface area contributed by atoms with Crippen molar-refractivity contribution in [3.8, 4) is 17.1 Å². The monoisotopic (exact) mass is 446 g/mol. The fourth-order valence-electron chi connectivity index (χ4n) is 5.14. The zero-order valence-electron chi connectivity index (χ0n) is 18.9. The number of phenols is 1. The molecule has 1 aromatic carbocycles. The number of rotatable bonds is 9. The number of aromatic hydroxyl groups is 1. The molecule has 0 radical (unpaired) electrons. The average Bonchev–Trinajstić information content (AvgIpc) is 2.79. The highest BCUT2D eigenvalue weighted by atomic mass is 16.4. The van der Waals surface area contributed by atoms with Crippen LogP contribution in [0.15, 0.2) is 69.9 Å². The van der Waals surface area contributed by atoms with Gasteiger partial charge in [0.25, 0.3) is 0 Å². The van der Waals surface area contributed by atoms with Crippen LogP contribution in [0.4, 0.5) is 0 Å². The van der Waals surface area contributed by atoms with Crippen molar-refractivity contribution in [1.82, 2.24) is 0 Å². The second-order valence-electron chi connectivity index (χ2n) is 8.93. The first-order valence-electron chi connectivity index (χ1n) is 11.7. The lowest BCUT2D eigenvalue weighted by Gasteiger charge is -2.39. The quantitative estimate of drug-likeness (QED) is 0.293. The number of carboxylic acid groups (broad SMARTS) is 1. The summed E-state index contributed by atoms with van der Waals surface area (Å²) >= 11 is 0. The molecule has 0 aromatic heterocycles. The van der Waals surface area contributed by atoms with E-state index in [-0.39, 0.29) is 11.2 Å². The molecule has 2 N–H and O–H groups in total. The molecule has 1 aliphatic heterocycles. The molecule has 5 nitrogen and oxygen atoms in total. The van der Waals surface area contributed by atoms with Gasteiger partial charge in [-0.25, -0.2) is 0 Å². The van der Waals surface area contributed by atoms with Crippen molar-refractivity contribution < 1.29 is 19.4 Å². The van der Waals surface area contributed by atoms with Crippen LogP contribution in [0.1, 0.15) is 57.4 Å². The van der Waals surface area contributed by atoms with Gasteiger partial charge in [-0.3, -0.25) is 9.59 Å². The molecular formula is C28H30O5. The molecule has 3 aliphatic rings. The van der Waals surface area contributed by atoms with Crippen molar-refractivity contribution in [3.63, 3.8) is 0 Å². The number of unbranched alkanes of at least 4 members (excludes halogenated alkanes) is 5. The average molecular weight is 447 g/mol. The van der Waals surface area contributed by atoms with E-state index < -0.39 is 17.3 Å². The highest BCUT2D eigenvalue weighted by molar-refractivity contribution is 5.92. The smallest absolute Gasteiger partial charge is 0.311 e. The Bertz CT molecular complexity index is 1230. The van der Waals surface area contributed by atoms with Gasteiger partial charge >= 0.3 is 5.97 Å². The Morgan fingerprint density at radius 2 is 1.82 bits per heavy atom. The van der Waals surface area contributed by atoms with Crippen LogP contribution in [0, 0.1) is 5.92 Å². The summed E-state index contributed by atoms with van der Waals surface area (Å²) in [5.41, 5.74) is 0.998. The largest absolute Gasteiger partial charge is 0.508 e. The van der Waals surface area contributed by atoms with Crippen molar-refractivity contribution >= 4 is 16.9 Å². The second-order valence-corrected chi connectivity index (χ2v) is 8.93. The van der Waals surface area contributed by atoms with E-state index in [0.717, 1.165) is 35.8 Å². The standard InChI is InChI=1S/C28H30O5/c1-2-3-4-5-6-8-15-28(16-9-7-10-23(28)27(31)32)26-21-13-11-19(29)17-24(21)33-25-18-20(30)12-14-22(25)26/h7,9-14,16-18,23,29H,2-6,8,15H2,1H3,(H,31,32). The highest BCUT2D eigenvalue weighted by Gasteiger charge is 2.45. The van der Waals surface area contributed by atoms with Crippen LogP contribution >= 0.6 is 0 Å². The van der Waals surface area contributed by atoms with Gasteiger partial charge in [0.2, 0.25) is 0 Å². The molecule has 33 heavy (non-hydrogen) atoms. The maximum absolute atomic E-state index is 12.5. The number of benzene rings is 2. The van der Waals surface area contributed by atoms with Crippen LogP contribution in [0.5, 0.6) is 5.75 Å². The van der Waals surface area contributed by atoms with E-state index >= 15 is 0 Å². The third-order valence-electron chi connectivity index (χ3n) is 6.72. The highest BCUT2D eigenvalue weighted by Crippen LogP contribution is 2.49. The molecule has 0 saturated carbocycles. The zero-order valence-corrected chi connectivity index (χ0v) is 18.9. The third kappa shape index (κ3) is 4.45. The van der Waals surface area contributed by atoms with E-state index in [1.807, 2.05) is 12.2 Å². The minimum Gasteiger partial charge on any atom is -0.508 e. The first-order valence-corrected chi connectivity index (χ1v) is 11.7. The van der Waals surface area contributed by atoms with E-state index in [1.54, 1.807) is 30.4 Å². The summed E-state index contributed by atoms with van der Waals surface area (Å²) in [6.45, 7) is 2.19. The van der Waals surface area contributed by atoms with E-state index in [4.69, 9.17) is 4.42 Å². The lowest BCUT2D eigenvalue weighted by Crippen LogP contribution is -2.39. The van der Waals surface area contributed by atoms with Gasteiger partial charge in [0.05, 0.1) is 5.92 Å². The molecule has 0 fully saturated rings. The van der Waals surface area contributed by atoms with Gasteiger partial charge in [0.1, 0.15) is 17.1 Å². The Morgan fingerprint density at radius 1 is 1.03 bits per heavy atom. The summed E-state index contributed by atoms with van der Waals surface area (Å²) in [6, 6.07) is 9.54. The number of carboxylic acids is 1. The summed E-state index contributed by atoms with van der Waals surface area (Å²) in [6.07, 6.45) is 14.7. The molecule has 2 aliphatic carbocycles. The molecule has 2 unspecified atom stereocenters. The number of phenolic OH excluding ortho intramolecular Hbond substituents is 1. The SMILES string of the molecule is CCCCCCCCC1(c2c3ccc(=O)cc-3oc3cc(O)ccc23)C=CC=CC1C(=O)O. The number of carbonyl (C=O) groups is 1. The lowest BCUT2D eigenvalue weighted by atomic mass is 9.63. The van der Waals surface area contributed by atoms with Gasteiger partial charge in [-0.1, -0.05) is 69.8 Å². The predicted molar refractivity (Wildman–Crippen MR) is 130 cm³/mol. The van der Waals surface area contributed by atoms with Crippen LogP contribution in [0.2, 0.25) is 0 Å². The Kier molecular flexibility index (Phi) is 6.68. The Hall–Kier alpha value is -3.34. The number of hydrogen-bond donors (Lipinski definition) is 2. The van der Waals surface area contributed by atoms with E-state index in [2.05, 4.69) is 6.92 Å². The van der Waals surface area contributed by atoms with Gasteiger partial charge in [0.15, 0.2) is 5.43 Å². The fraction of sp³-hybridized carbons (Fsp3) is 0.357. The molecule has 2 atom stereocenters. The Labute approximate surface area is 193 Å². The number of allylic oxidation sites excluding steroid dienone is 3. The number of fused-ring (bicyclic) bond motifs is 2. The summed E-state index contributed by atoms with van der Waals surface area (Å²) in [7, 11) is 0. The molecule has 0 spiro atoms. The van der Waals surface area contributed by atoms with Crippen LogP contribution in [0.25, 0.3) is 22.3 Å². The van der Waals surface area contributed by atoms with Crippen LogP contribution in [-0.2, 0) is 10.2 Å². The van der Waals surface area contributed by atoms with Gasteiger partial charge in [-0.05, 0) is 36.2 Å². The first-order chi connectivity index (χ1) is 16.0. The summed E-state index contributed by atoms with van der Waals surface area (Å²) in [5, 5.41) is 21.1. The van der Waals surface area contributed by atoms with Crippen molar-refractivity contribution in [2.75, 3.05) is 0 Å². The Morgan fingerprint density at radius 3 is 2.61 bits per heavy atom. The maximum atomic E-state index is 12.5. The van der Waals surface area contributed by atoms with Gasteiger partial charge < -0.3 is 14.6 Å². The van der Waals surface area contributed by atoms with Crippen molar-refractivity contribution in [1.29, 1.82) is 0 Å². The number of hydrogen-bond acceptors (Lipinski definition) is 4. The van der Waals surface area contributed by atoms with E-state index in [0.29, 0.717) is 17.8 Å². The molecule has 0 bridgehead atoms. The lowest BCUT2D eigenvalue weighted by molar-refractivity contribution is -0.141. The van der Waals surface area contributed by atoms with Crippen molar-refractivity contribution in [2.45, 2.75) is 57.3 Å². The minimum atomic E-state index is -0.886. The summed E-state index contributed by atoms with van der Waals surface area (Å²) in [4.78, 5) is 24.6. The Balaban J connectivity index is 1.92. The zero-order chi connectivity index (χ0) is 23.4. The van der Waals surface area contributed by atoms with Crippen LogP contribution in [-0.4, -0.2) is 16.2 Å². The minimum absolute atomic E-state index is 0.0497. The topological polar surface area (TPSA) is 87.7 Å². The molecule has 1 heterocycles. The third-order valence-corrected chi connectivity index (χ3v) is 6.72. The molecule has 0 amide bonds. The van der Waals surface area contributed by atoms with E-state index in [1.165, 1.54) is 37.5 Å². The van der Waals surface area contributed by atoms with Crippen molar-refractivity contribution in [2.24, 2.45) is 5.92 Å². The summed E-state index contributed by atoms with van der Waals surface area (Å²) in [5.74, 6) is -1.20. The van der Waals surface area contributed by atoms with Gasteiger partial charge in [0, 0.05) is 28.5 Å². The number of aliphatic carboxylic acids is 1. The van der Waals surface area contributed by atoms with Crippen molar-refractivity contribution in [3.05, 3.63) is 76.5 Å². The molecule has 172 valence electrons. The van der Waals surface area contributed by atoms with E-state index in [9.17, 15) is 19.8 Å². The first kappa shape index (κ1) is 22.8. The molecule has 4 rings (SSSR count). The van der Waals surface area contributed by atoms with Gasteiger partial charge in [-0.15, -0.1) is 0 Å².